The molecule has 3 aromatic carbocycles. The van der Waals surface area contributed by atoms with E-state index >= 15 is 4.39 Å². The van der Waals surface area contributed by atoms with E-state index in [1.807, 2.05) is 6.92 Å². The SMILES string of the molecule is CCN(CCOc1ccccc1C(C)N(c1cc(F)ccc1F)S(=O)(=O)c1ccc(Cl)cc1)C(=O)N1CCOCC1. The van der Waals surface area contributed by atoms with E-state index in [2.05, 4.69) is 0 Å². The number of hydrogen-bond acceptors (Lipinski definition) is 5. The van der Waals surface area contributed by atoms with Gasteiger partial charge < -0.3 is 19.3 Å². The van der Waals surface area contributed by atoms with Crippen LogP contribution in [0.4, 0.5) is 19.3 Å². The van der Waals surface area contributed by atoms with Crippen LogP contribution in [0.25, 0.3) is 0 Å². The maximum Gasteiger partial charge on any atom is 0.320 e. The Morgan fingerprint density at radius 1 is 1.07 bits per heavy atom. The van der Waals surface area contributed by atoms with Crippen molar-refractivity contribution >= 4 is 33.3 Å². The lowest BCUT2D eigenvalue weighted by atomic mass is 10.1. The van der Waals surface area contributed by atoms with Gasteiger partial charge in [0.2, 0.25) is 0 Å². The summed E-state index contributed by atoms with van der Waals surface area (Å²) in [6.45, 7) is 6.37. The van der Waals surface area contributed by atoms with E-state index in [4.69, 9.17) is 21.1 Å². The van der Waals surface area contributed by atoms with Crippen molar-refractivity contribution in [3.05, 3.63) is 89.0 Å². The van der Waals surface area contributed by atoms with E-state index in [0.29, 0.717) is 55.7 Å². The number of sulfonamides is 1. The van der Waals surface area contributed by atoms with Crippen LogP contribution in [0.3, 0.4) is 0 Å². The lowest BCUT2D eigenvalue weighted by Gasteiger charge is -2.33. The molecule has 220 valence electrons. The summed E-state index contributed by atoms with van der Waals surface area (Å²) in [4.78, 5) is 16.2. The molecule has 0 N–H and O–H groups in total. The summed E-state index contributed by atoms with van der Waals surface area (Å²) in [5, 5.41) is 0.326. The summed E-state index contributed by atoms with van der Waals surface area (Å²) in [5.41, 5.74) is -0.0215. The van der Waals surface area contributed by atoms with E-state index < -0.39 is 33.4 Å². The number of halogens is 3. The zero-order chi connectivity index (χ0) is 29.6. The van der Waals surface area contributed by atoms with Crippen molar-refractivity contribution in [1.29, 1.82) is 0 Å². The van der Waals surface area contributed by atoms with Gasteiger partial charge in [-0.05, 0) is 56.3 Å². The summed E-state index contributed by atoms with van der Waals surface area (Å²) in [6, 6.07) is 13.7. The van der Waals surface area contributed by atoms with Gasteiger partial charge in [0.05, 0.1) is 36.4 Å². The van der Waals surface area contributed by atoms with Gasteiger partial charge in [-0.3, -0.25) is 4.31 Å². The molecule has 3 aromatic rings. The maximum absolute atomic E-state index is 15.1. The monoisotopic (exact) mass is 607 g/mol. The van der Waals surface area contributed by atoms with Crippen molar-refractivity contribution in [2.75, 3.05) is 50.3 Å². The van der Waals surface area contributed by atoms with E-state index in [9.17, 15) is 17.6 Å². The third kappa shape index (κ3) is 7.09. The number of nitrogens with zero attached hydrogens (tertiary/aromatic N) is 3. The van der Waals surface area contributed by atoms with Gasteiger partial charge in [-0.25, -0.2) is 22.0 Å². The number of anilines is 1. The maximum atomic E-state index is 15.1. The Morgan fingerprint density at radius 3 is 2.44 bits per heavy atom. The van der Waals surface area contributed by atoms with E-state index in [1.165, 1.54) is 24.3 Å². The zero-order valence-corrected chi connectivity index (χ0v) is 24.4. The number of carbonyl (C=O) groups excluding carboxylic acids is 1. The van der Waals surface area contributed by atoms with Crippen molar-refractivity contribution < 1.29 is 31.5 Å². The fourth-order valence-corrected chi connectivity index (χ4v) is 6.38. The molecule has 4 rings (SSSR count). The average molecular weight is 608 g/mol. The molecule has 0 radical (unpaired) electrons. The standard InChI is InChI=1S/C29H32ClF2N3O5S/c1-3-33(29(36)34-14-17-39-18-15-34)16-19-40-28-7-5-4-6-25(28)21(2)35(27-20-23(31)10-13-26(27)32)41(37,38)24-11-8-22(30)9-12-24/h4-13,20-21H,3,14-19H2,1-2H3. The summed E-state index contributed by atoms with van der Waals surface area (Å²) in [7, 11) is -4.39. The number of benzene rings is 3. The average Bonchev–Trinajstić information content (AvgIpc) is 2.97. The highest BCUT2D eigenvalue weighted by atomic mass is 35.5. The fourth-order valence-electron chi connectivity index (χ4n) is 4.61. The molecular weight excluding hydrogens is 576 g/mol. The molecule has 1 atom stereocenters. The molecule has 1 unspecified atom stereocenters. The first-order chi connectivity index (χ1) is 19.6. The van der Waals surface area contributed by atoms with Crippen LogP contribution in [0.5, 0.6) is 5.75 Å². The molecular formula is C29H32ClF2N3O5S. The largest absolute Gasteiger partial charge is 0.491 e. The van der Waals surface area contributed by atoms with E-state index in [-0.39, 0.29) is 17.5 Å². The second-order valence-corrected chi connectivity index (χ2v) is 11.6. The number of hydrogen-bond donors (Lipinski definition) is 0. The van der Waals surface area contributed by atoms with Crippen LogP contribution in [0, 0.1) is 11.6 Å². The minimum Gasteiger partial charge on any atom is -0.491 e. The summed E-state index contributed by atoms with van der Waals surface area (Å²) in [5.74, 6) is -1.35. The van der Waals surface area contributed by atoms with Crippen LogP contribution >= 0.6 is 11.6 Å². The van der Waals surface area contributed by atoms with Gasteiger partial charge in [-0.1, -0.05) is 29.8 Å². The van der Waals surface area contributed by atoms with Crippen molar-refractivity contribution in [3.8, 4) is 5.75 Å². The lowest BCUT2D eigenvalue weighted by Crippen LogP contribution is -2.49. The number of likely N-dealkylation sites (N-methyl/N-ethyl adjacent to an activating group) is 1. The Bertz CT molecular complexity index is 1450. The summed E-state index contributed by atoms with van der Waals surface area (Å²) >= 11 is 5.96. The van der Waals surface area contributed by atoms with Crippen LogP contribution in [-0.2, 0) is 14.8 Å². The lowest BCUT2D eigenvalue weighted by molar-refractivity contribution is 0.0426. The Balaban J connectivity index is 1.62. The number of ether oxygens (including phenoxy) is 2. The molecule has 41 heavy (non-hydrogen) atoms. The molecule has 1 aliphatic rings. The smallest absolute Gasteiger partial charge is 0.320 e. The van der Waals surface area contributed by atoms with E-state index in [1.54, 1.807) is 41.0 Å². The Labute approximate surface area is 244 Å². The van der Waals surface area contributed by atoms with Gasteiger partial charge in [0.15, 0.2) is 0 Å². The van der Waals surface area contributed by atoms with Gasteiger partial charge in [0, 0.05) is 36.3 Å². The molecule has 0 aliphatic carbocycles. The normalized spacial score (nSPS) is 14.4. The molecule has 1 aliphatic heterocycles. The van der Waals surface area contributed by atoms with Crippen molar-refractivity contribution in [3.63, 3.8) is 0 Å². The van der Waals surface area contributed by atoms with Crippen LogP contribution in [-0.4, -0.2) is 70.2 Å². The van der Waals surface area contributed by atoms with Crippen LogP contribution in [0.1, 0.15) is 25.5 Å². The number of morpholine rings is 1. The first kappa shape index (κ1) is 30.5. The topological polar surface area (TPSA) is 79.4 Å². The molecule has 0 spiro atoms. The molecule has 1 fully saturated rings. The Hall–Kier alpha value is -3.41. The highest BCUT2D eigenvalue weighted by molar-refractivity contribution is 7.92. The van der Waals surface area contributed by atoms with Gasteiger partial charge in [0.25, 0.3) is 10.0 Å². The molecule has 8 nitrogen and oxygen atoms in total. The van der Waals surface area contributed by atoms with Gasteiger partial charge in [-0.15, -0.1) is 0 Å². The third-order valence-electron chi connectivity index (χ3n) is 6.79. The summed E-state index contributed by atoms with van der Waals surface area (Å²) in [6.07, 6.45) is 0. The molecule has 12 heteroatoms. The number of rotatable bonds is 10. The van der Waals surface area contributed by atoms with Crippen molar-refractivity contribution in [2.45, 2.75) is 24.8 Å². The third-order valence-corrected chi connectivity index (χ3v) is 8.94. The fraction of sp³-hybridized carbons (Fsp3) is 0.345. The number of amides is 2. The molecule has 1 heterocycles. The molecule has 2 amide bonds. The zero-order valence-electron chi connectivity index (χ0n) is 22.8. The van der Waals surface area contributed by atoms with Gasteiger partial charge >= 0.3 is 6.03 Å². The van der Waals surface area contributed by atoms with Crippen molar-refractivity contribution in [1.82, 2.24) is 9.80 Å². The first-order valence-electron chi connectivity index (χ1n) is 13.2. The molecule has 1 saturated heterocycles. The molecule has 0 aromatic heterocycles. The summed E-state index contributed by atoms with van der Waals surface area (Å²) < 4.78 is 69.4. The predicted molar refractivity (Wildman–Crippen MR) is 153 cm³/mol. The highest BCUT2D eigenvalue weighted by Crippen LogP contribution is 2.38. The van der Waals surface area contributed by atoms with E-state index in [0.717, 1.165) is 22.5 Å². The Morgan fingerprint density at radius 2 is 1.76 bits per heavy atom. The highest BCUT2D eigenvalue weighted by Gasteiger charge is 2.34. The number of carbonyl (C=O) groups is 1. The first-order valence-corrected chi connectivity index (χ1v) is 15.0. The molecule has 0 bridgehead atoms. The second kappa shape index (κ2) is 13.5. The van der Waals surface area contributed by atoms with Gasteiger partial charge in [0.1, 0.15) is 24.0 Å². The van der Waals surface area contributed by atoms with Crippen LogP contribution in [0.2, 0.25) is 5.02 Å². The van der Waals surface area contributed by atoms with Gasteiger partial charge in [-0.2, -0.15) is 0 Å². The number of urea groups is 1. The minimum absolute atomic E-state index is 0.108. The second-order valence-electron chi connectivity index (χ2n) is 9.37. The molecule has 0 saturated carbocycles. The predicted octanol–water partition coefficient (Wildman–Crippen LogP) is 5.73. The quantitative estimate of drug-likeness (QED) is 0.294. The van der Waals surface area contributed by atoms with Crippen LogP contribution in [0.15, 0.2) is 71.6 Å². The minimum atomic E-state index is -4.39. The van der Waals surface area contributed by atoms with Crippen LogP contribution < -0.4 is 9.04 Å². The number of para-hydroxylation sites is 1. The van der Waals surface area contributed by atoms with Crippen molar-refractivity contribution in [2.24, 2.45) is 0 Å². The Kier molecular flexibility index (Phi) is 10.1.